The number of hydrogen-bond acceptors (Lipinski definition) is 4. The molecule has 0 radical (unpaired) electrons. The van der Waals surface area contributed by atoms with Gasteiger partial charge in [0.25, 0.3) is 0 Å². The number of rotatable bonds is 6. The van der Waals surface area contributed by atoms with E-state index in [-0.39, 0.29) is 5.91 Å². The standard InChI is InChI=1S/C22H28N2O3/c1-15-3-6-18(7-4-15)21(23)22(25)24-19-8-5-16(2)20(13-19)27-14-17-9-11-26-12-10-17/h3-8,13,17,21H,9-12,14,23H2,1-2H3,(H,24,25). The molecular formula is C22H28N2O3. The molecule has 1 heterocycles. The smallest absolute Gasteiger partial charge is 0.245 e. The summed E-state index contributed by atoms with van der Waals surface area (Å²) in [6, 6.07) is 12.7. The van der Waals surface area contributed by atoms with Crippen LogP contribution in [0.2, 0.25) is 0 Å². The van der Waals surface area contributed by atoms with Crippen LogP contribution in [0.3, 0.4) is 0 Å². The number of hydrogen-bond donors (Lipinski definition) is 2. The first-order chi connectivity index (χ1) is 13.0. The van der Waals surface area contributed by atoms with Gasteiger partial charge in [-0.1, -0.05) is 35.9 Å². The van der Waals surface area contributed by atoms with Crippen LogP contribution in [0.25, 0.3) is 0 Å². The Balaban J connectivity index is 1.62. The first-order valence-corrected chi connectivity index (χ1v) is 9.47. The number of benzene rings is 2. The molecule has 0 bridgehead atoms. The van der Waals surface area contributed by atoms with Crippen molar-refractivity contribution in [3.8, 4) is 5.75 Å². The summed E-state index contributed by atoms with van der Waals surface area (Å²) in [7, 11) is 0. The highest BCUT2D eigenvalue weighted by molar-refractivity contribution is 5.95. The second kappa shape index (κ2) is 9.02. The molecule has 1 unspecified atom stereocenters. The average Bonchev–Trinajstić information content (AvgIpc) is 2.69. The Kier molecular flexibility index (Phi) is 6.48. The molecule has 0 aliphatic carbocycles. The normalized spacial score (nSPS) is 16.0. The summed E-state index contributed by atoms with van der Waals surface area (Å²) in [6.07, 6.45) is 2.06. The van der Waals surface area contributed by atoms with Gasteiger partial charge in [0.05, 0.1) is 6.61 Å². The Morgan fingerprint density at radius 1 is 1.19 bits per heavy atom. The highest BCUT2D eigenvalue weighted by atomic mass is 16.5. The molecule has 1 aliphatic rings. The van der Waals surface area contributed by atoms with Crippen molar-refractivity contribution < 1.29 is 14.3 Å². The lowest BCUT2D eigenvalue weighted by atomic mass is 10.0. The maximum atomic E-state index is 12.5. The van der Waals surface area contributed by atoms with E-state index in [4.69, 9.17) is 15.2 Å². The van der Waals surface area contributed by atoms with Crippen molar-refractivity contribution in [3.63, 3.8) is 0 Å². The lowest BCUT2D eigenvalue weighted by Gasteiger charge is -2.22. The van der Waals surface area contributed by atoms with Gasteiger partial charge in [0, 0.05) is 25.0 Å². The number of ether oxygens (including phenoxy) is 2. The number of carbonyl (C=O) groups is 1. The second-order valence-electron chi connectivity index (χ2n) is 7.22. The highest BCUT2D eigenvalue weighted by Crippen LogP contribution is 2.25. The van der Waals surface area contributed by atoms with Gasteiger partial charge >= 0.3 is 0 Å². The van der Waals surface area contributed by atoms with Gasteiger partial charge in [0.15, 0.2) is 0 Å². The first kappa shape index (κ1) is 19.4. The number of nitrogens with two attached hydrogens (primary N) is 1. The van der Waals surface area contributed by atoms with Crippen molar-refractivity contribution in [2.75, 3.05) is 25.1 Å². The zero-order valence-corrected chi connectivity index (χ0v) is 16.0. The van der Waals surface area contributed by atoms with Crippen LogP contribution in [-0.4, -0.2) is 25.7 Å². The van der Waals surface area contributed by atoms with E-state index in [0.717, 1.165) is 48.5 Å². The average molecular weight is 368 g/mol. The molecule has 5 heteroatoms. The number of aryl methyl sites for hydroxylation is 2. The Bertz CT molecular complexity index is 768. The van der Waals surface area contributed by atoms with Crippen molar-refractivity contribution in [1.29, 1.82) is 0 Å². The summed E-state index contributed by atoms with van der Waals surface area (Å²) in [5.41, 5.74) is 9.77. The van der Waals surface area contributed by atoms with Crippen molar-refractivity contribution in [3.05, 3.63) is 59.2 Å². The molecule has 0 saturated carbocycles. The molecule has 0 aromatic heterocycles. The van der Waals surface area contributed by atoms with Crippen LogP contribution in [-0.2, 0) is 9.53 Å². The molecule has 1 saturated heterocycles. The van der Waals surface area contributed by atoms with E-state index >= 15 is 0 Å². The topological polar surface area (TPSA) is 73.6 Å². The zero-order valence-electron chi connectivity index (χ0n) is 16.0. The minimum Gasteiger partial charge on any atom is -0.493 e. The third-order valence-corrected chi connectivity index (χ3v) is 4.99. The van der Waals surface area contributed by atoms with Crippen LogP contribution in [0.15, 0.2) is 42.5 Å². The van der Waals surface area contributed by atoms with Crippen molar-refractivity contribution >= 4 is 11.6 Å². The van der Waals surface area contributed by atoms with E-state index in [1.807, 2.05) is 56.3 Å². The largest absolute Gasteiger partial charge is 0.493 e. The van der Waals surface area contributed by atoms with E-state index < -0.39 is 6.04 Å². The van der Waals surface area contributed by atoms with Gasteiger partial charge in [-0.2, -0.15) is 0 Å². The van der Waals surface area contributed by atoms with Gasteiger partial charge in [0.1, 0.15) is 11.8 Å². The Morgan fingerprint density at radius 2 is 1.89 bits per heavy atom. The molecule has 5 nitrogen and oxygen atoms in total. The van der Waals surface area contributed by atoms with Crippen LogP contribution >= 0.6 is 0 Å². The van der Waals surface area contributed by atoms with Crippen molar-refractivity contribution in [1.82, 2.24) is 0 Å². The SMILES string of the molecule is Cc1ccc(C(N)C(=O)Nc2ccc(C)c(OCC3CCOCC3)c2)cc1. The third kappa shape index (κ3) is 5.31. The summed E-state index contributed by atoms with van der Waals surface area (Å²) in [4.78, 5) is 12.5. The molecule has 27 heavy (non-hydrogen) atoms. The predicted molar refractivity (Wildman–Crippen MR) is 107 cm³/mol. The van der Waals surface area contributed by atoms with Gasteiger partial charge in [-0.3, -0.25) is 4.79 Å². The second-order valence-corrected chi connectivity index (χ2v) is 7.22. The molecule has 0 spiro atoms. The molecule has 3 rings (SSSR count). The Labute approximate surface area is 160 Å². The summed E-state index contributed by atoms with van der Waals surface area (Å²) < 4.78 is 11.4. The molecule has 1 aliphatic heterocycles. The van der Waals surface area contributed by atoms with Crippen LogP contribution in [0, 0.1) is 19.8 Å². The quantitative estimate of drug-likeness (QED) is 0.814. The molecule has 2 aromatic carbocycles. The minimum absolute atomic E-state index is 0.238. The number of nitrogens with one attached hydrogen (secondary N) is 1. The fourth-order valence-corrected chi connectivity index (χ4v) is 3.10. The summed E-state index contributed by atoms with van der Waals surface area (Å²) >= 11 is 0. The molecule has 1 amide bonds. The molecule has 1 atom stereocenters. The number of carbonyl (C=O) groups excluding carboxylic acids is 1. The Hall–Kier alpha value is -2.37. The van der Waals surface area contributed by atoms with Crippen molar-refractivity contribution in [2.24, 2.45) is 11.7 Å². The first-order valence-electron chi connectivity index (χ1n) is 9.47. The summed E-state index contributed by atoms with van der Waals surface area (Å²) in [5, 5.41) is 2.90. The maximum Gasteiger partial charge on any atom is 0.245 e. The minimum atomic E-state index is -0.710. The van der Waals surface area contributed by atoms with Gasteiger partial charge in [-0.05, 0) is 49.8 Å². The van der Waals surface area contributed by atoms with Crippen LogP contribution < -0.4 is 15.8 Å². The van der Waals surface area contributed by atoms with Crippen LogP contribution in [0.4, 0.5) is 5.69 Å². The van der Waals surface area contributed by atoms with Gasteiger partial charge in [-0.25, -0.2) is 0 Å². The fourth-order valence-electron chi connectivity index (χ4n) is 3.10. The Morgan fingerprint density at radius 3 is 2.59 bits per heavy atom. The van der Waals surface area contributed by atoms with Crippen molar-refractivity contribution in [2.45, 2.75) is 32.7 Å². The third-order valence-electron chi connectivity index (χ3n) is 4.99. The van der Waals surface area contributed by atoms with Gasteiger partial charge in [-0.15, -0.1) is 0 Å². The molecular weight excluding hydrogens is 340 g/mol. The molecule has 3 N–H and O–H groups in total. The summed E-state index contributed by atoms with van der Waals surface area (Å²) in [6.45, 7) is 6.29. The maximum absolute atomic E-state index is 12.5. The van der Waals surface area contributed by atoms with Gasteiger partial charge in [0.2, 0.25) is 5.91 Å². The van der Waals surface area contributed by atoms with E-state index in [1.54, 1.807) is 0 Å². The number of anilines is 1. The lowest BCUT2D eigenvalue weighted by Crippen LogP contribution is -2.27. The van der Waals surface area contributed by atoms with E-state index in [9.17, 15) is 4.79 Å². The molecule has 1 fully saturated rings. The lowest BCUT2D eigenvalue weighted by molar-refractivity contribution is -0.117. The molecule has 144 valence electrons. The predicted octanol–water partition coefficient (Wildman–Crippen LogP) is 3.75. The van der Waals surface area contributed by atoms with E-state index in [0.29, 0.717) is 18.2 Å². The van der Waals surface area contributed by atoms with E-state index in [1.165, 1.54) is 0 Å². The van der Waals surface area contributed by atoms with E-state index in [2.05, 4.69) is 5.32 Å². The summed E-state index contributed by atoms with van der Waals surface area (Å²) in [5.74, 6) is 1.08. The van der Waals surface area contributed by atoms with Crippen LogP contribution in [0.5, 0.6) is 5.75 Å². The zero-order chi connectivity index (χ0) is 19.2. The highest BCUT2D eigenvalue weighted by Gasteiger charge is 2.17. The van der Waals surface area contributed by atoms with Gasteiger partial charge < -0.3 is 20.5 Å². The fraction of sp³-hybridized carbons (Fsp3) is 0.409. The number of amides is 1. The van der Waals surface area contributed by atoms with Crippen LogP contribution in [0.1, 0.15) is 35.6 Å². The molecule has 2 aromatic rings. The monoisotopic (exact) mass is 368 g/mol.